The molecule has 0 amide bonds. The van der Waals surface area contributed by atoms with E-state index in [1.807, 2.05) is 6.92 Å². The smallest absolute Gasteiger partial charge is 1.00 e. The van der Waals surface area contributed by atoms with Gasteiger partial charge in [-0.3, -0.25) is 9.59 Å². The first-order valence-electron chi connectivity index (χ1n) is 3.29. The fourth-order valence-corrected chi connectivity index (χ4v) is 1.10. The van der Waals surface area contributed by atoms with E-state index in [4.69, 9.17) is 0 Å². The monoisotopic (exact) mass is 150 g/mol. The van der Waals surface area contributed by atoms with Crippen molar-refractivity contribution in [2.45, 2.75) is 26.2 Å². The summed E-state index contributed by atoms with van der Waals surface area (Å²) in [5, 5.41) is 0. The van der Waals surface area contributed by atoms with Crippen LogP contribution in [-0.4, -0.2) is 11.6 Å². The quantitative estimate of drug-likeness (QED) is 0.297. The number of rotatable bonds is 0. The predicted octanol–water partition coefficient (Wildman–Crippen LogP) is -1.94. The molecule has 3 heteroatoms. The molecule has 0 N–H and O–H groups in total. The van der Waals surface area contributed by atoms with Crippen LogP contribution in [0.2, 0.25) is 0 Å². The zero-order valence-corrected chi connectivity index (χ0v) is 8.52. The maximum Gasteiger partial charge on any atom is 1.00 e. The number of hydrogen-bond acceptors (Lipinski definition) is 2. The van der Waals surface area contributed by atoms with Crippen LogP contribution < -0.4 is 29.6 Å². The van der Waals surface area contributed by atoms with Gasteiger partial charge in [0.05, 0.1) is 0 Å². The molecular formula is C7H11NaO2. The van der Waals surface area contributed by atoms with Gasteiger partial charge in [-0.25, -0.2) is 0 Å². The fraction of sp³-hybridized carbons (Fsp3) is 0.714. The Morgan fingerprint density at radius 1 is 1.50 bits per heavy atom. The molecule has 1 unspecified atom stereocenters. The van der Waals surface area contributed by atoms with Crippen LogP contribution in [-0.2, 0) is 9.59 Å². The second-order valence-corrected chi connectivity index (χ2v) is 2.58. The Bertz CT molecular complexity index is 159. The third-order valence-electron chi connectivity index (χ3n) is 1.76. The maximum atomic E-state index is 10.8. The molecule has 1 fully saturated rings. The molecule has 1 saturated carbocycles. The molecular weight excluding hydrogens is 139 g/mol. The van der Waals surface area contributed by atoms with Crippen molar-refractivity contribution < 1.29 is 40.6 Å². The molecule has 0 bridgehead atoms. The predicted molar refractivity (Wildman–Crippen MR) is 34.1 cm³/mol. The van der Waals surface area contributed by atoms with E-state index >= 15 is 0 Å². The van der Waals surface area contributed by atoms with Crippen molar-refractivity contribution >= 4 is 11.6 Å². The van der Waals surface area contributed by atoms with E-state index in [0.29, 0.717) is 6.42 Å². The van der Waals surface area contributed by atoms with Gasteiger partial charge in [-0.1, -0.05) is 6.92 Å². The number of carbonyl (C=O) groups is 2. The van der Waals surface area contributed by atoms with E-state index < -0.39 is 0 Å². The molecule has 1 atom stereocenters. The van der Waals surface area contributed by atoms with Crippen LogP contribution in [0.15, 0.2) is 0 Å². The van der Waals surface area contributed by atoms with Crippen molar-refractivity contribution in [1.29, 1.82) is 0 Å². The summed E-state index contributed by atoms with van der Waals surface area (Å²) in [5.74, 6) is -0.346. The largest absolute Gasteiger partial charge is 1.00 e. The Labute approximate surface area is 84.1 Å². The van der Waals surface area contributed by atoms with Crippen LogP contribution in [0.4, 0.5) is 0 Å². The van der Waals surface area contributed by atoms with E-state index in [1.54, 1.807) is 0 Å². The number of Topliss-reactive ketones (excluding diaryl/α,β-unsaturated/α-hetero) is 2. The maximum absolute atomic E-state index is 10.8. The molecule has 0 spiro atoms. The zero-order valence-electron chi connectivity index (χ0n) is 7.52. The molecule has 1 aliphatic carbocycles. The van der Waals surface area contributed by atoms with Crippen molar-refractivity contribution in [3.8, 4) is 0 Å². The molecule has 0 aromatic heterocycles. The first kappa shape index (κ1) is 10.3. The Morgan fingerprint density at radius 3 is 2.50 bits per heavy atom. The van der Waals surface area contributed by atoms with Gasteiger partial charge in [-0.2, -0.15) is 0 Å². The van der Waals surface area contributed by atoms with Crippen LogP contribution in [0.5, 0.6) is 0 Å². The molecule has 0 heterocycles. The minimum atomic E-state index is -0.172. The topological polar surface area (TPSA) is 34.1 Å². The zero-order chi connectivity index (χ0) is 6.85. The second kappa shape index (κ2) is 4.27. The fourth-order valence-electron chi connectivity index (χ4n) is 1.10. The van der Waals surface area contributed by atoms with E-state index in [2.05, 4.69) is 0 Å². The average molecular weight is 150 g/mol. The number of hydrogen-bond donors (Lipinski definition) is 0. The van der Waals surface area contributed by atoms with Gasteiger partial charge < -0.3 is 1.43 Å². The normalized spacial score (nSPS) is 25.9. The van der Waals surface area contributed by atoms with Crippen molar-refractivity contribution in [1.82, 2.24) is 0 Å². The van der Waals surface area contributed by atoms with Crippen molar-refractivity contribution in [2.75, 3.05) is 0 Å². The molecule has 0 aliphatic heterocycles. The van der Waals surface area contributed by atoms with Gasteiger partial charge >= 0.3 is 29.6 Å². The van der Waals surface area contributed by atoms with Gasteiger partial charge in [-0.05, 0) is 12.8 Å². The SMILES string of the molecule is CC1CCCC(=O)C1=O.[H-].[Na+]. The summed E-state index contributed by atoms with van der Waals surface area (Å²) < 4.78 is 0. The van der Waals surface area contributed by atoms with Gasteiger partial charge in [0.2, 0.25) is 5.78 Å². The van der Waals surface area contributed by atoms with Crippen LogP contribution in [0.25, 0.3) is 0 Å². The van der Waals surface area contributed by atoms with Crippen molar-refractivity contribution in [3.05, 3.63) is 0 Å². The molecule has 52 valence electrons. The molecule has 2 nitrogen and oxygen atoms in total. The molecule has 1 rings (SSSR count). The summed E-state index contributed by atoms with van der Waals surface area (Å²) in [6.45, 7) is 1.82. The Morgan fingerprint density at radius 2 is 2.10 bits per heavy atom. The number of carbonyl (C=O) groups excluding carboxylic acids is 2. The molecule has 10 heavy (non-hydrogen) atoms. The first-order valence-corrected chi connectivity index (χ1v) is 3.29. The Balaban J connectivity index is 0. The third-order valence-corrected chi connectivity index (χ3v) is 1.76. The van der Waals surface area contributed by atoms with Crippen LogP contribution >= 0.6 is 0 Å². The van der Waals surface area contributed by atoms with Gasteiger partial charge in [0.1, 0.15) is 0 Å². The van der Waals surface area contributed by atoms with Crippen LogP contribution in [0.3, 0.4) is 0 Å². The minimum Gasteiger partial charge on any atom is -1.00 e. The summed E-state index contributed by atoms with van der Waals surface area (Å²) in [4.78, 5) is 21.4. The van der Waals surface area contributed by atoms with Crippen molar-refractivity contribution in [2.24, 2.45) is 5.92 Å². The standard InChI is InChI=1S/C7H10O2.Na.H/c1-5-3-2-4-6(8)7(5)9;;/h5H,2-4H2,1H3;;/q;+1;-1. The summed E-state index contributed by atoms with van der Waals surface area (Å²) in [6, 6.07) is 0. The molecule has 0 saturated heterocycles. The average Bonchev–Trinajstić information content (AvgIpc) is 1.83. The van der Waals surface area contributed by atoms with Gasteiger partial charge in [0.25, 0.3) is 0 Å². The Kier molecular flexibility index (Phi) is 4.41. The summed E-state index contributed by atoms with van der Waals surface area (Å²) >= 11 is 0. The second-order valence-electron chi connectivity index (χ2n) is 2.58. The molecule has 0 aromatic carbocycles. The van der Waals surface area contributed by atoms with E-state index in [0.717, 1.165) is 12.8 Å². The third kappa shape index (κ3) is 2.19. The molecule has 1 aliphatic rings. The number of ketones is 2. The Hall–Kier alpha value is 0.340. The summed E-state index contributed by atoms with van der Waals surface area (Å²) in [5.41, 5.74) is 0. The van der Waals surface area contributed by atoms with E-state index in [-0.39, 0.29) is 48.5 Å². The summed E-state index contributed by atoms with van der Waals surface area (Å²) in [6.07, 6.45) is 2.26. The van der Waals surface area contributed by atoms with E-state index in [1.165, 1.54) is 0 Å². The van der Waals surface area contributed by atoms with Crippen molar-refractivity contribution in [3.63, 3.8) is 0 Å². The molecule has 0 radical (unpaired) electrons. The van der Waals surface area contributed by atoms with E-state index in [9.17, 15) is 9.59 Å². The van der Waals surface area contributed by atoms with Gasteiger partial charge in [0.15, 0.2) is 5.78 Å². The van der Waals surface area contributed by atoms with Gasteiger partial charge in [-0.15, -0.1) is 0 Å². The van der Waals surface area contributed by atoms with Crippen LogP contribution in [0.1, 0.15) is 27.6 Å². The van der Waals surface area contributed by atoms with Gasteiger partial charge in [0, 0.05) is 12.3 Å². The minimum absolute atomic E-state index is 0. The molecule has 0 aromatic rings. The first-order chi connectivity index (χ1) is 4.22. The summed E-state index contributed by atoms with van der Waals surface area (Å²) in [7, 11) is 0. The van der Waals surface area contributed by atoms with Crippen LogP contribution in [0, 0.1) is 5.92 Å².